The average molecular weight is 763 g/mol. The average Bonchev–Trinajstić information content (AvgIpc) is 3.66. The first-order valence-electron chi connectivity index (χ1n) is 21.4. The minimum Gasteiger partial charge on any atom is -0.0619 e. The van der Waals surface area contributed by atoms with Crippen LogP contribution in [0.2, 0.25) is 0 Å². The summed E-state index contributed by atoms with van der Waals surface area (Å²) in [5.41, 5.74) is 18.5. The molecule has 13 rings (SSSR count). The van der Waals surface area contributed by atoms with Gasteiger partial charge >= 0.3 is 0 Å². The van der Waals surface area contributed by atoms with Crippen molar-refractivity contribution in [1.29, 1.82) is 0 Å². The summed E-state index contributed by atoms with van der Waals surface area (Å²) in [5, 5.41) is 13.0. The third kappa shape index (κ3) is 4.41. The van der Waals surface area contributed by atoms with Crippen LogP contribution in [0.25, 0.3) is 109 Å². The molecule has 0 heterocycles. The Kier molecular flexibility index (Phi) is 6.67. The van der Waals surface area contributed by atoms with Crippen LogP contribution < -0.4 is 0 Å². The molecule has 11 aromatic carbocycles. The lowest BCUT2D eigenvalue weighted by Crippen LogP contribution is -2.14. The van der Waals surface area contributed by atoms with E-state index in [1.165, 1.54) is 132 Å². The molecule has 0 atom stereocenters. The molecule has 60 heavy (non-hydrogen) atoms. The highest BCUT2D eigenvalue weighted by Crippen LogP contribution is 2.53. The van der Waals surface area contributed by atoms with Crippen LogP contribution in [0.15, 0.2) is 182 Å². The fraction of sp³-hybridized carbons (Fsp3) is 0.100. The summed E-state index contributed by atoms with van der Waals surface area (Å²) in [5.74, 6) is 0. The number of rotatable bonds is 3. The van der Waals surface area contributed by atoms with E-state index >= 15 is 0 Å². The molecule has 282 valence electrons. The minimum absolute atomic E-state index is 0.0723. The Morgan fingerprint density at radius 2 is 0.717 bits per heavy atom. The lowest BCUT2D eigenvalue weighted by Gasteiger charge is -2.24. The van der Waals surface area contributed by atoms with E-state index in [1.807, 2.05) is 0 Å². The van der Waals surface area contributed by atoms with Crippen molar-refractivity contribution in [2.75, 3.05) is 0 Å². The molecule has 2 aliphatic rings. The van der Waals surface area contributed by atoms with Crippen molar-refractivity contribution in [3.8, 4) is 55.6 Å². The first-order valence-corrected chi connectivity index (χ1v) is 21.4. The van der Waals surface area contributed by atoms with Gasteiger partial charge in [-0.15, -0.1) is 0 Å². The van der Waals surface area contributed by atoms with E-state index in [1.54, 1.807) is 0 Å². The fourth-order valence-corrected chi connectivity index (χ4v) is 11.7. The van der Waals surface area contributed by atoms with E-state index in [0.717, 1.165) is 0 Å². The molecule has 0 aliphatic heterocycles. The van der Waals surface area contributed by atoms with Gasteiger partial charge in [0.2, 0.25) is 0 Å². The van der Waals surface area contributed by atoms with Crippen LogP contribution in [0, 0.1) is 0 Å². The second kappa shape index (κ2) is 11.8. The molecule has 0 saturated carbocycles. The Morgan fingerprint density at radius 3 is 1.40 bits per heavy atom. The molecule has 0 aromatic heterocycles. The minimum atomic E-state index is -0.102. The summed E-state index contributed by atoms with van der Waals surface area (Å²) in [7, 11) is 0. The Hall–Kier alpha value is -7.02. The van der Waals surface area contributed by atoms with Crippen LogP contribution in [0.3, 0.4) is 0 Å². The molecule has 11 aromatic rings. The van der Waals surface area contributed by atoms with Crippen molar-refractivity contribution in [1.82, 2.24) is 0 Å². The van der Waals surface area contributed by atoms with Crippen LogP contribution in [0.4, 0.5) is 0 Å². The van der Waals surface area contributed by atoms with Gasteiger partial charge in [0.15, 0.2) is 0 Å². The van der Waals surface area contributed by atoms with E-state index in [9.17, 15) is 0 Å². The molecule has 0 radical (unpaired) electrons. The van der Waals surface area contributed by atoms with Crippen molar-refractivity contribution in [2.24, 2.45) is 0 Å². The van der Waals surface area contributed by atoms with E-state index < -0.39 is 0 Å². The van der Waals surface area contributed by atoms with Gasteiger partial charge in [-0.1, -0.05) is 191 Å². The van der Waals surface area contributed by atoms with Gasteiger partial charge in [-0.2, -0.15) is 0 Å². The highest BCUT2D eigenvalue weighted by atomic mass is 14.4. The fourth-order valence-electron chi connectivity index (χ4n) is 11.7. The van der Waals surface area contributed by atoms with E-state index in [-0.39, 0.29) is 10.8 Å². The van der Waals surface area contributed by atoms with Gasteiger partial charge in [0.05, 0.1) is 0 Å². The highest BCUT2D eigenvalue weighted by molar-refractivity contribution is 6.29. The Balaban J connectivity index is 1.12. The summed E-state index contributed by atoms with van der Waals surface area (Å²) in [4.78, 5) is 0. The van der Waals surface area contributed by atoms with Gasteiger partial charge in [-0.25, -0.2) is 0 Å². The van der Waals surface area contributed by atoms with Crippen molar-refractivity contribution < 1.29 is 0 Å². The van der Waals surface area contributed by atoms with Crippen LogP contribution in [-0.4, -0.2) is 0 Å². The van der Waals surface area contributed by atoms with Crippen molar-refractivity contribution >= 4 is 53.9 Å². The van der Waals surface area contributed by atoms with Gasteiger partial charge in [0.25, 0.3) is 0 Å². The van der Waals surface area contributed by atoms with Gasteiger partial charge in [0.1, 0.15) is 0 Å². The lowest BCUT2D eigenvalue weighted by atomic mass is 9.79. The topological polar surface area (TPSA) is 0 Å². The summed E-state index contributed by atoms with van der Waals surface area (Å²) in [6.07, 6.45) is 0. The van der Waals surface area contributed by atoms with Crippen LogP contribution in [0.1, 0.15) is 49.9 Å². The Morgan fingerprint density at radius 1 is 0.267 bits per heavy atom. The molecule has 0 amide bonds. The van der Waals surface area contributed by atoms with Gasteiger partial charge in [0, 0.05) is 10.8 Å². The number of fused-ring (bicyclic) bond motifs is 8. The molecule has 2 aliphatic carbocycles. The summed E-state index contributed by atoms with van der Waals surface area (Å²) in [6.45, 7) is 9.53. The molecule has 0 spiro atoms. The van der Waals surface area contributed by atoms with Crippen LogP contribution in [0.5, 0.6) is 0 Å². The molecule has 0 saturated heterocycles. The third-order valence-electron chi connectivity index (χ3n) is 14.6. The predicted molar refractivity (Wildman–Crippen MR) is 257 cm³/mol. The normalized spacial score (nSPS) is 14.6. The second-order valence-electron chi connectivity index (χ2n) is 18.4. The molecule has 0 N–H and O–H groups in total. The van der Waals surface area contributed by atoms with Crippen LogP contribution >= 0.6 is 0 Å². The zero-order valence-corrected chi connectivity index (χ0v) is 34.3. The second-order valence-corrected chi connectivity index (χ2v) is 18.4. The number of hydrogen-bond donors (Lipinski definition) is 0. The molecule has 0 fully saturated rings. The number of benzene rings is 11. The van der Waals surface area contributed by atoms with E-state index in [0.29, 0.717) is 0 Å². The quantitative estimate of drug-likeness (QED) is 0.124. The smallest absolute Gasteiger partial charge is 0.0159 e. The van der Waals surface area contributed by atoms with E-state index in [4.69, 9.17) is 0 Å². The maximum absolute atomic E-state index is 2.51. The molecule has 0 bridgehead atoms. The van der Waals surface area contributed by atoms with Gasteiger partial charge < -0.3 is 0 Å². The zero-order chi connectivity index (χ0) is 40.1. The van der Waals surface area contributed by atoms with Crippen molar-refractivity contribution in [2.45, 2.75) is 38.5 Å². The van der Waals surface area contributed by atoms with Crippen molar-refractivity contribution in [3.63, 3.8) is 0 Å². The SMILES string of the molecule is CC1(C)c2ccccc2-c2ccc(-c3ccc4c(-c5ccc6ccc7cccc8ccc5c6c78)c5ccccc5c(-c5ccc6c(c5)C(C)(C)c5ccccc5-6)c4c3)cc21. The standard InChI is InChI=1S/C60H42/c1-59(2)51-18-9-7-14-41(51)43-27-24-39(33-53(43)59)38-25-31-49-50(32-38)56(40-26-28-44-42-15-8-10-19-52(42)60(3,4)54(44)34-40)45-16-5-6-17-46(45)58(49)48-30-23-37-21-20-35-12-11-13-36-22-29-47(48)57(37)55(35)36/h5-34H,1-4H3. The summed E-state index contributed by atoms with van der Waals surface area (Å²) in [6, 6.07) is 69.5. The first-order chi connectivity index (χ1) is 29.3. The largest absolute Gasteiger partial charge is 0.0619 e. The van der Waals surface area contributed by atoms with Gasteiger partial charge in [-0.05, 0) is 150 Å². The monoisotopic (exact) mass is 762 g/mol. The van der Waals surface area contributed by atoms with Gasteiger partial charge in [-0.3, -0.25) is 0 Å². The Bertz CT molecular complexity index is 3630. The number of hydrogen-bond acceptors (Lipinski definition) is 0. The van der Waals surface area contributed by atoms with E-state index in [2.05, 4.69) is 210 Å². The molecular weight excluding hydrogens is 721 g/mol. The molecule has 0 nitrogen and oxygen atoms in total. The predicted octanol–water partition coefficient (Wildman–Crippen LogP) is 16.5. The first kappa shape index (κ1) is 33.9. The lowest BCUT2D eigenvalue weighted by molar-refractivity contribution is 0.660. The van der Waals surface area contributed by atoms with Crippen molar-refractivity contribution in [3.05, 3.63) is 204 Å². The zero-order valence-electron chi connectivity index (χ0n) is 34.3. The maximum atomic E-state index is 2.51. The molecule has 0 unspecified atom stereocenters. The highest BCUT2D eigenvalue weighted by Gasteiger charge is 2.37. The molecular formula is C60H42. The maximum Gasteiger partial charge on any atom is 0.0159 e. The summed E-state index contributed by atoms with van der Waals surface area (Å²) < 4.78 is 0. The third-order valence-corrected chi connectivity index (χ3v) is 14.6. The van der Waals surface area contributed by atoms with Crippen LogP contribution in [-0.2, 0) is 10.8 Å². The Labute approximate surface area is 350 Å². The summed E-state index contributed by atoms with van der Waals surface area (Å²) >= 11 is 0. The molecule has 0 heteroatoms.